The van der Waals surface area contributed by atoms with Crippen molar-refractivity contribution < 1.29 is 4.74 Å². The summed E-state index contributed by atoms with van der Waals surface area (Å²) in [5.41, 5.74) is 5.84. The van der Waals surface area contributed by atoms with Crippen LogP contribution in [0, 0.1) is 5.92 Å². The lowest BCUT2D eigenvalue weighted by Crippen LogP contribution is -2.28. The predicted molar refractivity (Wildman–Crippen MR) is 81.4 cm³/mol. The topological polar surface area (TPSA) is 73.1 Å². The summed E-state index contributed by atoms with van der Waals surface area (Å²) in [4.78, 5) is 8.67. The molecule has 0 bridgehead atoms. The lowest BCUT2D eigenvalue weighted by Gasteiger charge is -2.28. The lowest BCUT2D eigenvalue weighted by molar-refractivity contribution is 0.128. The zero-order valence-electron chi connectivity index (χ0n) is 12.6. The zero-order chi connectivity index (χ0) is 14.4. The fourth-order valence-corrected chi connectivity index (χ4v) is 2.83. The summed E-state index contributed by atoms with van der Waals surface area (Å²) in [5.74, 6) is 2.68. The molecule has 0 aromatic carbocycles. The van der Waals surface area contributed by atoms with Gasteiger partial charge in [0.25, 0.3) is 0 Å². The summed E-state index contributed by atoms with van der Waals surface area (Å²) in [7, 11) is 0. The maximum absolute atomic E-state index is 5.84. The molecule has 112 valence electrons. The molecular weight excluding hydrogens is 252 g/mol. The molecule has 1 fully saturated rings. The first-order valence-electron chi connectivity index (χ1n) is 7.66. The van der Waals surface area contributed by atoms with E-state index in [1.165, 1.54) is 32.1 Å². The van der Waals surface area contributed by atoms with Crippen molar-refractivity contribution in [2.24, 2.45) is 5.92 Å². The normalized spacial score (nSPS) is 17.9. The Hall–Kier alpha value is -1.36. The maximum atomic E-state index is 5.84. The number of hydrogen-bond acceptors (Lipinski definition) is 5. The van der Waals surface area contributed by atoms with Crippen molar-refractivity contribution in [1.82, 2.24) is 9.97 Å². The highest BCUT2D eigenvalue weighted by atomic mass is 16.5. The van der Waals surface area contributed by atoms with Gasteiger partial charge < -0.3 is 15.8 Å². The molecule has 0 spiro atoms. The van der Waals surface area contributed by atoms with Crippen molar-refractivity contribution in [3.05, 3.63) is 11.9 Å². The van der Waals surface area contributed by atoms with Crippen molar-refractivity contribution >= 4 is 11.6 Å². The summed E-state index contributed by atoms with van der Waals surface area (Å²) in [6.07, 6.45) is 6.68. The third-order valence-corrected chi connectivity index (χ3v) is 3.96. The summed E-state index contributed by atoms with van der Waals surface area (Å²) in [6.45, 7) is 5.25. The maximum Gasteiger partial charge on any atom is 0.158 e. The molecule has 5 nitrogen and oxygen atoms in total. The van der Waals surface area contributed by atoms with Gasteiger partial charge in [0.1, 0.15) is 18.2 Å². The van der Waals surface area contributed by atoms with Crippen LogP contribution < -0.4 is 11.1 Å². The van der Waals surface area contributed by atoms with Crippen LogP contribution in [0.3, 0.4) is 0 Å². The van der Waals surface area contributed by atoms with Gasteiger partial charge in [0, 0.05) is 18.7 Å². The molecule has 5 heteroatoms. The Morgan fingerprint density at radius 2 is 2.10 bits per heavy atom. The number of hydrogen-bond donors (Lipinski definition) is 2. The van der Waals surface area contributed by atoms with E-state index >= 15 is 0 Å². The van der Waals surface area contributed by atoms with E-state index in [1.807, 2.05) is 6.92 Å². The number of aromatic nitrogens is 2. The second-order valence-corrected chi connectivity index (χ2v) is 5.56. The van der Waals surface area contributed by atoms with Crippen LogP contribution in [-0.2, 0) is 11.3 Å². The Bertz CT molecular complexity index is 418. The van der Waals surface area contributed by atoms with Gasteiger partial charge in [-0.05, 0) is 32.6 Å². The molecule has 1 aliphatic rings. The van der Waals surface area contributed by atoms with Crippen LogP contribution in [0.25, 0.3) is 0 Å². The molecule has 1 atom stereocenters. The first-order valence-corrected chi connectivity index (χ1v) is 7.66. The molecule has 20 heavy (non-hydrogen) atoms. The largest absolute Gasteiger partial charge is 0.384 e. The Morgan fingerprint density at radius 1 is 1.35 bits per heavy atom. The van der Waals surface area contributed by atoms with E-state index in [0.717, 1.165) is 11.7 Å². The van der Waals surface area contributed by atoms with Crippen LogP contribution in [0.2, 0.25) is 0 Å². The first-order chi connectivity index (χ1) is 9.69. The monoisotopic (exact) mass is 278 g/mol. The van der Waals surface area contributed by atoms with Gasteiger partial charge in [0.15, 0.2) is 5.82 Å². The van der Waals surface area contributed by atoms with E-state index in [-0.39, 0.29) is 0 Å². The summed E-state index contributed by atoms with van der Waals surface area (Å²) in [6, 6.07) is 2.22. The van der Waals surface area contributed by atoms with Gasteiger partial charge in [-0.15, -0.1) is 0 Å². The van der Waals surface area contributed by atoms with Crippen LogP contribution in [0.5, 0.6) is 0 Å². The molecule has 0 amide bonds. The minimum Gasteiger partial charge on any atom is -0.384 e. The third kappa shape index (κ3) is 4.34. The third-order valence-electron chi connectivity index (χ3n) is 3.96. The fraction of sp³-hybridized carbons (Fsp3) is 0.733. The van der Waals surface area contributed by atoms with Gasteiger partial charge in [-0.3, -0.25) is 0 Å². The molecule has 1 heterocycles. The number of nitrogen functional groups attached to an aromatic ring is 1. The van der Waals surface area contributed by atoms with Crippen molar-refractivity contribution in [3.8, 4) is 0 Å². The number of ether oxygens (including phenoxy) is 1. The molecular formula is C15H26N4O. The van der Waals surface area contributed by atoms with Gasteiger partial charge >= 0.3 is 0 Å². The Balaban J connectivity index is 1.98. The Morgan fingerprint density at radius 3 is 2.80 bits per heavy atom. The highest BCUT2D eigenvalue weighted by Gasteiger charge is 2.20. The molecule has 3 N–H and O–H groups in total. The fourth-order valence-electron chi connectivity index (χ4n) is 2.83. The number of rotatable bonds is 6. The molecule has 2 rings (SSSR count). The van der Waals surface area contributed by atoms with Gasteiger partial charge in [0.2, 0.25) is 0 Å². The van der Waals surface area contributed by atoms with Crippen molar-refractivity contribution in [1.29, 1.82) is 0 Å². The van der Waals surface area contributed by atoms with Gasteiger partial charge in [0.05, 0.1) is 0 Å². The Labute approximate surface area is 121 Å². The van der Waals surface area contributed by atoms with E-state index in [9.17, 15) is 0 Å². The van der Waals surface area contributed by atoms with Crippen LogP contribution in [0.1, 0.15) is 51.8 Å². The molecule has 1 aromatic heterocycles. The minimum absolute atomic E-state index is 0.411. The lowest BCUT2D eigenvalue weighted by atomic mass is 9.84. The zero-order valence-corrected chi connectivity index (χ0v) is 12.6. The van der Waals surface area contributed by atoms with Crippen molar-refractivity contribution in [2.45, 2.75) is 58.6 Å². The number of nitrogens with two attached hydrogens (primary N) is 1. The predicted octanol–water partition coefficient (Wildman–Crippen LogP) is 2.98. The summed E-state index contributed by atoms with van der Waals surface area (Å²) >= 11 is 0. The molecule has 1 saturated carbocycles. The number of anilines is 2. The van der Waals surface area contributed by atoms with Crippen LogP contribution >= 0.6 is 0 Å². The standard InChI is InChI=1S/C15H26N4O/c1-3-20-10-15-18-13(16)9-14(19-15)17-11(2)12-7-5-4-6-8-12/h9,11-12H,3-8,10H2,1-2H3,(H3,16,17,18,19). The van der Waals surface area contributed by atoms with E-state index in [4.69, 9.17) is 10.5 Å². The van der Waals surface area contributed by atoms with Crippen LogP contribution in [-0.4, -0.2) is 22.6 Å². The van der Waals surface area contributed by atoms with Crippen molar-refractivity contribution in [2.75, 3.05) is 17.7 Å². The van der Waals surface area contributed by atoms with E-state index in [1.54, 1.807) is 6.07 Å². The highest BCUT2D eigenvalue weighted by Crippen LogP contribution is 2.27. The van der Waals surface area contributed by atoms with Crippen LogP contribution in [0.4, 0.5) is 11.6 Å². The molecule has 1 aromatic rings. The second-order valence-electron chi connectivity index (χ2n) is 5.56. The van der Waals surface area contributed by atoms with Gasteiger partial charge in [-0.1, -0.05) is 19.3 Å². The highest BCUT2D eigenvalue weighted by molar-refractivity contribution is 5.45. The smallest absolute Gasteiger partial charge is 0.158 e. The quantitative estimate of drug-likeness (QED) is 0.837. The summed E-state index contributed by atoms with van der Waals surface area (Å²) in [5, 5.41) is 3.48. The average molecular weight is 278 g/mol. The molecule has 0 radical (unpaired) electrons. The summed E-state index contributed by atoms with van der Waals surface area (Å²) < 4.78 is 5.34. The van der Waals surface area contributed by atoms with E-state index in [2.05, 4.69) is 22.2 Å². The molecule has 0 aliphatic heterocycles. The Kier molecular flexibility index (Phi) is 5.59. The van der Waals surface area contributed by atoms with Crippen molar-refractivity contribution in [3.63, 3.8) is 0 Å². The first kappa shape index (κ1) is 15.0. The van der Waals surface area contributed by atoms with E-state index < -0.39 is 0 Å². The number of nitrogens with zero attached hydrogens (tertiary/aromatic N) is 2. The molecule has 0 saturated heterocycles. The SMILES string of the molecule is CCOCc1nc(N)cc(NC(C)C2CCCCC2)n1. The number of nitrogens with one attached hydrogen (secondary N) is 1. The van der Waals surface area contributed by atoms with E-state index in [0.29, 0.717) is 30.9 Å². The molecule has 1 aliphatic carbocycles. The molecule has 1 unspecified atom stereocenters. The van der Waals surface area contributed by atoms with Gasteiger partial charge in [-0.25, -0.2) is 9.97 Å². The minimum atomic E-state index is 0.411. The van der Waals surface area contributed by atoms with Gasteiger partial charge in [-0.2, -0.15) is 0 Å². The second kappa shape index (κ2) is 7.43. The van der Waals surface area contributed by atoms with Crippen LogP contribution in [0.15, 0.2) is 6.07 Å². The average Bonchev–Trinajstić information content (AvgIpc) is 2.45.